The van der Waals surface area contributed by atoms with Gasteiger partial charge >= 0.3 is 0 Å². The number of carbonyl (C=O) groups is 1. The van der Waals surface area contributed by atoms with Crippen LogP contribution in [0.5, 0.6) is 0 Å². The third-order valence-corrected chi connectivity index (χ3v) is 4.61. The lowest BCUT2D eigenvalue weighted by Gasteiger charge is -2.35. The molecule has 1 unspecified atom stereocenters. The predicted molar refractivity (Wildman–Crippen MR) is 82.4 cm³/mol. The normalized spacial score (nSPS) is 22.6. The molecule has 0 bridgehead atoms. The number of carbonyl (C=O) groups excluding carboxylic acids is 1. The molecule has 21 heavy (non-hydrogen) atoms. The zero-order valence-corrected chi connectivity index (χ0v) is 12.8. The molecule has 0 N–H and O–H groups in total. The van der Waals surface area contributed by atoms with Gasteiger partial charge in [0, 0.05) is 31.9 Å². The quantitative estimate of drug-likeness (QED) is 0.857. The Morgan fingerprint density at radius 2 is 2.00 bits per heavy atom. The second kappa shape index (κ2) is 6.41. The van der Waals surface area contributed by atoms with E-state index in [1.54, 1.807) is 12.3 Å². The second-order valence-electron chi connectivity index (χ2n) is 5.99. The smallest absolute Gasteiger partial charge is 0.272 e. The number of nitrogens with zero attached hydrogens (tertiary/aromatic N) is 4. The monoisotopic (exact) mass is 288 g/mol. The van der Waals surface area contributed by atoms with Gasteiger partial charge < -0.3 is 9.80 Å². The van der Waals surface area contributed by atoms with Crippen LogP contribution in [0, 0.1) is 0 Å². The van der Waals surface area contributed by atoms with Gasteiger partial charge in [0.15, 0.2) is 0 Å². The van der Waals surface area contributed by atoms with Crippen molar-refractivity contribution in [1.82, 2.24) is 14.9 Å². The van der Waals surface area contributed by atoms with Crippen LogP contribution in [0.1, 0.15) is 55.9 Å². The topological polar surface area (TPSA) is 49.3 Å². The largest absolute Gasteiger partial charge is 0.338 e. The van der Waals surface area contributed by atoms with E-state index in [2.05, 4.69) is 21.8 Å². The highest BCUT2D eigenvalue weighted by Crippen LogP contribution is 2.24. The van der Waals surface area contributed by atoms with E-state index in [0.29, 0.717) is 11.7 Å². The molecule has 5 nitrogen and oxygen atoms in total. The number of rotatable bonds is 3. The maximum absolute atomic E-state index is 12.5. The molecule has 2 fully saturated rings. The maximum atomic E-state index is 12.5. The molecule has 1 aromatic rings. The van der Waals surface area contributed by atoms with Crippen molar-refractivity contribution in [3.63, 3.8) is 0 Å². The minimum atomic E-state index is 0.0567. The fourth-order valence-electron chi connectivity index (χ4n) is 3.38. The molecule has 0 radical (unpaired) electrons. The summed E-state index contributed by atoms with van der Waals surface area (Å²) in [5.74, 6) is 0.785. The third-order valence-electron chi connectivity index (χ3n) is 4.61. The zero-order valence-electron chi connectivity index (χ0n) is 12.8. The molecular formula is C16H24N4O. The van der Waals surface area contributed by atoms with Gasteiger partial charge in [0.1, 0.15) is 5.69 Å². The molecule has 3 heterocycles. The van der Waals surface area contributed by atoms with E-state index < -0.39 is 0 Å². The Bertz CT molecular complexity index is 499. The Hall–Kier alpha value is -1.65. The molecule has 2 aliphatic heterocycles. The Balaban J connectivity index is 1.80. The summed E-state index contributed by atoms with van der Waals surface area (Å²) in [6, 6.07) is 2.26. The van der Waals surface area contributed by atoms with Crippen LogP contribution < -0.4 is 4.90 Å². The first-order valence-corrected chi connectivity index (χ1v) is 8.18. The number of anilines is 1. The Morgan fingerprint density at radius 3 is 2.76 bits per heavy atom. The summed E-state index contributed by atoms with van der Waals surface area (Å²) in [5, 5.41) is 0. The average Bonchev–Trinajstić information content (AvgIpc) is 3.08. The van der Waals surface area contributed by atoms with Crippen molar-refractivity contribution in [2.75, 3.05) is 24.5 Å². The number of aromatic nitrogens is 2. The lowest BCUT2D eigenvalue weighted by Crippen LogP contribution is -2.40. The summed E-state index contributed by atoms with van der Waals surface area (Å²) in [6.45, 7) is 4.93. The lowest BCUT2D eigenvalue weighted by atomic mass is 10.0. The minimum absolute atomic E-state index is 0.0567. The van der Waals surface area contributed by atoms with Gasteiger partial charge in [0.25, 0.3) is 5.91 Å². The van der Waals surface area contributed by atoms with Crippen LogP contribution in [-0.4, -0.2) is 46.5 Å². The molecule has 0 saturated carbocycles. The van der Waals surface area contributed by atoms with E-state index in [1.165, 1.54) is 19.3 Å². The van der Waals surface area contributed by atoms with Gasteiger partial charge in [0.2, 0.25) is 5.95 Å². The molecule has 0 aromatic carbocycles. The second-order valence-corrected chi connectivity index (χ2v) is 5.99. The SMILES string of the molecule is CCC1CCCCN1c1nccc(C(=O)N2CCCC2)n1. The summed E-state index contributed by atoms with van der Waals surface area (Å²) in [4.78, 5) is 25.6. The van der Waals surface area contributed by atoms with Crippen LogP contribution >= 0.6 is 0 Å². The van der Waals surface area contributed by atoms with Gasteiger partial charge in [-0.3, -0.25) is 4.79 Å². The summed E-state index contributed by atoms with van der Waals surface area (Å²) in [7, 11) is 0. The van der Waals surface area contributed by atoms with Crippen LogP contribution in [0.4, 0.5) is 5.95 Å². The first kappa shape index (κ1) is 14.3. The van der Waals surface area contributed by atoms with Crippen molar-refractivity contribution in [3.05, 3.63) is 18.0 Å². The van der Waals surface area contributed by atoms with Gasteiger partial charge in [-0.15, -0.1) is 0 Å². The van der Waals surface area contributed by atoms with E-state index in [4.69, 9.17) is 0 Å². The van der Waals surface area contributed by atoms with Gasteiger partial charge in [0.05, 0.1) is 0 Å². The molecule has 1 aromatic heterocycles. The zero-order chi connectivity index (χ0) is 14.7. The molecule has 1 amide bonds. The van der Waals surface area contributed by atoms with E-state index in [0.717, 1.165) is 44.8 Å². The molecule has 5 heteroatoms. The highest BCUT2D eigenvalue weighted by molar-refractivity contribution is 5.92. The number of piperidine rings is 1. The fourth-order valence-corrected chi connectivity index (χ4v) is 3.38. The number of amides is 1. The van der Waals surface area contributed by atoms with Gasteiger partial charge in [-0.2, -0.15) is 0 Å². The standard InChI is InChI=1S/C16H24N4O/c1-2-13-7-3-4-12-20(13)16-17-9-8-14(18-16)15(21)19-10-5-6-11-19/h8-9,13H,2-7,10-12H2,1H3. The fraction of sp³-hybridized carbons (Fsp3) is 0.688. The molecule has 2 saturated heterocycles. The van der Waals surface area contributed by atoms with Crippen LogP contribution in [0.2, 0.25) is 0 Å². The molecule has 2 aliphatic rings. The van der Waals surface area contributed by atoms with Crippen LogP contribution in [0.3, 0.4) is 0 Å². The first-order valence-electron chi connectivity index (χ1n) is 8.18. The number of hydrogen-bond donors (Lipinski definition) is 0. The van der Waals surface area contributed by atoms with E-state index >= 15 is 0 Å². The molecule has 0 aliphatic carbocycles. The van der Waals surface area contributed by atoms with Crippen molar-refractivity contribution in [1.29, 1.82) is 0 Å². The third kappa shape index (κ3) is 3.01. The molecule has 0 spiro atoms. The molecule has 1 atom stereocenters. The van der Waals surface area contributed by atoms with Crippen LogP contribution in [0.15, 0.2) is 12.3 Å². The van der Waals surface area contributed by atoms with Gasteiger partial charge in [-0.1, -0.05) is 6.92 Å². The van der Waals surface area contributed by atoms with Crippen molar-refractivity contribution in [2.24, 2.45) is 0 Å². The van der Waals surface area contributed by atoms with E-state index in [-0.39, 0.29) is 5.91 Å². The van der Waals surface area contributed by atoms with E-state index in [1.807, 2.05) is 4.90 Å². The average molecular weight is 288 g/mol. The van der Waals surface area contributed by atoms with Crippen molar-refractivity contribution in [3.8, 4) is 0 Å². The van der Waals surface area contributed by atoms with Crippen molar-refractivity contribution >= 4 is 11.9 Å². The Labute approximate surface area is 126 Å². The van der Waals surface area contributed by atoms with E-state index in [9.17, 15) is 4.79 Å². The Morgan fingerprint density at radius 1 is 1.24 bits per heavy atom. The van der Waals surface area contributed by atoms with Gasteiger partial charge in [-0.25, -0.2) is 9.97 Å². The summed E-state index contributed by atoms with van der Waals surface area (Å²) in [6.07, 6.45) is 8.71. The first-order chi connectivity index (χ1) is 10.3. The highest BCUT2D eigenvalue weighted by Gasteiger charge is 2.25. The molecular weight excluding hydrogens is 264 g/mol. The Kier molecular flexibility index (Phi) is 4.36. The summed E-state index contributed by atoms with van der Waals surface area (Å²) < 4.78 is 0. The minimum Gasteiger partial charge on any atom is -0.338 e. The molecule has 114 valence electrons. The van der Waals surface area contributed by atoms with Gasteiger partial charge in [-0.05, 0) is 44.6 Å². The molecule has 3 rings (SSSR count). The predicted octanol–water partition coefficient (Wildman–Crippen LogP) is 2.48. The van der Waals surface area contributed by atoms with Crippen molar-refractivity contribution in [2.45, 2.75) is 51.5 Å². The summed E-state index contributed by atoms with van der Waals surface area (Å²) in [5.41, 5.74) is 0.544. The van der Waals surface area contributed by atoms with Crippen LogP contribution in [-0.2, 0) is 0 Å². The maximum Gasteiger partial charge on any atom is 0.272 e. The lowest BCUT2D eigenvalue weighted by molar-refractivity contribution is 0.0787. The number of likely N-dealkylation sites (tertiary alicyclic amines) is 1. The van der Waals surface area contributed by atoms with Crippen LogP contribution in [0.25, 0.3) is 0 Å². The summed E-state index contributed by atoms with van der Waals surface area (Å²) >= 11 is 0. The van der Waals surface area contributed by atoms with Crippen molar-refractivity contribution < 1.29 is 4.79 Å². The number of hydrogen-bond acceptors (Lipinski definition) is 4. The highest BCUT2D eigenvalue weighted by atomic mass is 16.2.